The Hall–Kier alpha value is -3.62. The van der Waals surface area contributed by atoms with Crippen molar-refractivity contribution in [3.05, 3.63) is 70.0 Å². The number of hydrogen-bond acceptors (Lipinski definition) is 6. The lowest BCUT2D eigenvalue weighted by Crippen LogP contribution is -2.43. The van der Waals surface area contributed by atoms with Crippen LogP contribution in [0.15, 0.2) is 53.7 Å². The summed E-state index contributed by atoms with van der Waals surface area (Å²) in [6.07, 6.45) is 1.64. The van der Waals surface area contributed by atoms with Gasteiger partial charge in [0.05, 0.1) is 21.6 Å². The smallest absolute Gasteiger partial charge is 0.326 e. The van der Waals surface area contributed by atoms with Crippen molar-refractivity contribution in [1.29, 1.82) is 0 Å². The minimum Gasteiger partial charge on any atom is -0.326 e. The maximum atomic E-state index is 13.4. The van der Waals surface area contributed by atoms with E-state index in [0.29, 0.717) is 30.7 Å². The van der Waals surface area contributed by atoms with Gasteiger partial charge >= 0.3 is 5.97 Å². The predicted octanol–water partition coefficient (Wildman–Crippen LogP) is 5.10. The molecule has 2 unspecified atom stereocenters. The Morgan fingerprint density at radius 2 is 1.82 bits per heavy atom. The summed E-state index contributed by atoms with van der Waals surface area (Å²) < 4.78 is 13.2. The van der Waals surface area contributed by atoms with Gasteiger partial charge in [0.15, 0.2) is 0 Å². The van der Waals surface area contributed by atoms with Gasteiger partial charge < -0.3 is 10.2 Å². The minimum atomic E-state index is -0.805. The first-order valence-corrected chi connectivity index (χ1v) is 10.6. The summed E-state index contributed by atoms with van der Waals surface area (Å²) >= 11 is 0. The van der Waals surface area contributed by atoms with E-state index in [1.165, 1.54) is 42.5 Å². The van der Waals surface area contributed by atoms with Crippen LogP contribution in [0.5, 0.6) is 0 Å². The van der Waals surface area contributed by atoms with Crippen LogP contribution in [0, 0.1) is 32.2 Å². The highest BCUT2D eigenvalue weighted by molar-refractivity contribution is 6.06. The molecule has 2 saturated carbocycles. The van der Waals surface area contributed by atoms with Crippen molar-refractivity contribution < 1.29 is 23.7 Å². The number of hydrogen-bond donors (Lipinski definition) is 1. The van der Waals surface area contributed by atoms with Crippen molar-refractivity contribution in [2.45, 2.75) is 40.0 Å². The van der Waals surface area contributed by atoms with E-state index in [1.807, 2.05) is 20.8 Å². The predicted molar refractivity (Wildman–Crippen MR) is 119 cm³/mol. The number of anilines is 1. The molecule has 0 spiro atoms. The Morgan fingerprint density at radius 1 is 1.12 bits per heavy atom. The molecule has 2 atom stereocenters. The van der Waals surface area contributed by atoms with Crippen molar-refractivity contribution in [3.63, 3.8) is 0 Å². The Labute approximate surface area is 190 Å². The normalized spacial score (nSPS) is 26.2. The summed E-state index contributed by atoms with van der Waals surface area (Å²) in [6.45, 7) is 6.03. The van der Waals surface area contributed by atoms with Gasteiger partial charge in [-0.15, -0.1) is 0 Å². The summed E-state index contributed by atoms with van der Waals surface area (Å²) in [5.74, 6) is -1.38. The number of nitro groups is 1. The third kappa shape index (κ3) is 3.48. The maximum Gasteiger partial charge on any atom is 0.365 e. The van der Waals surface area contributed by atoms with Gasteiger partial charge in [-0.3, -0.25) is 14.9 Å². The standard InChI is InChI=1S/C24H24FN3O5/c1-22(2)23(3)11-12-24(22,21(30)26-17-9-7-16(25)8-10-17)14-19(23)27-33-20(29)15-5-4-6-18(13-15)28(31)32/h4-10,13H,11-12,14H2,1-3H3,(H,26,30). The van der Waals surface area contributed by atoms with Crippen LogP contribution in [0.4, 0.5) is 15.8 Å². The van der Waals surface area contributed by atoms with Crippen LogP contribution < -0.4 is 5.32 Å². The molecule has 1 amide bonds. The molecule has 2 aliphatic carbocycles. The summed E-state index contributed by atoms with van der Waals surface area (Å²) in [6, 6.07) is 10.8. The van der Waals surface area contributed by atoms with E-state index in [1.54, 1.807) is 0 Å². The molecule has 2 aromatic rings. The van der Waals surface area contributed by atoms with Crippen LogP contribution in [0.3, 0.4) is 0 Å². The number of non-ortho nitro benzene ring substituents is 1. The zero-order valence-electron chi connectivity index (χ0n) is 18.6. The van der Waals surface area contributed by atoms with Gasteiger partial charge in [0.1, 0.15) is 5.82 Å². The van der Waals surface area contributed by atoms with Gasteiger partial charge in [0, 0.05) is 29.7 Å². The van der Waals surface area contributed by atoms with Crippen molar-refractivity contribution in [3.8, 4) is 0 Å². The van der Waals surface area contributed by atoms with Crippen molar-refractivity contribution in [2.75, 3.05) is 5.32 Å². The fourth-order valence-corrected chi connectivity index (χ4v) is 5.20. The summed E-state index contributed by atoms with van der Waals surface area (Å²) in [5, 5.41) is 18.0. The highest BCUT2D eigenvalue weighted by Crippen LogP contribution is 2.71. The van der Waals surface area contributed by atoms with E-state index in [4.69, 9.17) is 4.84 Å². The van der Waals surface area contributed by atoms with Gasteiger partial charge in [-0.1, -0.05) is 32.0 Å². The summed E-state index contributed by atoms with van der Waals surface area (Å²) in [5.41, 5.74) is -0.829. The van der Waals surface area contributed by atoms with Gasteiger partial charge in [-0.2, -0.15) is 0 Å². The van der Waals surface area contributed by atoms with E-state index in [0.717, 1.165) is 6.07 Å². The summed E-state index contributed by atoms with van der Waals surface area (Å²) in [4.78, 5) is 41.4. The third-order valence-electron chi connectivity index (χ3n) is 7.80. The molecule has 1 N–H and O–H groups in total. The van der Waals surface area contributed by atoms with Crippen molar-refractivity contribution in [1.82, 2.24) is 0 Å². The molecule has 0 radical (unpaired) electrons. The topological polar surface area (TPSA) is 111 Å². The second kappa shape index (κ2) is 7.75. The number of nitrogens with zero attached hydrogens (tertiary/aromatic N) is 2. The molecular formula is C24H24FN3O5. The molecular weight excluding hydrogens is 429 g/mol. The zero-order chi connectivity index (χ0) is 24.0. The Kier molecular flexibility index (Phi) is 5.30. The Bertz CT molecular complexity index is 1180. The average Bonchev–Trinajstić information content (AvgIpc) is 3.09. The number of carbonyl (C=O) groups excluding carboxylic acids is 2. The number of nitrogens with one attached hydrogen (secondary N) is 1. The number of amides is 1. The largest absolute Gasteiger partial charge is 0.365 e. The highest BCUT2D eigenvalue weighted by Gasteiger charge is 2.71. The molecule has 0 aliphatic heterocycles. The van der Waals surface area contributed by atoms with E-state index in [9.17, 15) is 24.1 Å². The van der Waals surface area contributed by atoms with Crippen molar-refractivity contribution >= 4 is 29.0 Å². The molecule has 0 heterocycles. The minimum absolute atomic E-state index is 0.0184. The SMILES string of the molecule is CC12CCC(C(=O)Nc3ccc(F)cc3)(CC1=NOC(=O)c1cccc([N+](=O)[O-])c1)C2(C)C. The lowest BCUT2D eigenvalue weighted by molar-refractivity contribution is -0.384. The lowest BCUT2D eigenvalue weighted by Gasteiger charge is -2.39. The average molecular weight is 453 g/mol. The quantitative estimate of drug-likeness (QED) is 0.385. The van der Waals surface area contributed by atoms with Crippen LogP contribution >= 0.6 is 0 Å². The first-order valence-electron chi connectivity index (χ1n) is 10.6. The molecule has 0 saturated heterocycles. The molecule has 2 aliphatic rings. The molecule has 33 heavy (non-hydrogen) atoms. The molecule has 172 valence electrons. The lowest BCUT2D eigenvalue weighted by atomic mass is 9.64. The molecule has 2 fully saturated rings. The zero-order valence-corrected chi connectivity index (χ0v) is 18.6. The number of carbonyl (C=O) groups is 2. The fourth-order valence-electron chi connectivity index (χ4n) is 5.20. The number of halogens is 1. The first-order chi connectivity index (χ1) is 15.5. The van der Waals surface area contributed by atoms with Crippen LogP contribution in [0.25, 0.3) is 0 Å². The Balaban J connectivity index is 1.57. The van der Waals surface area contributed by atoms with Crippen LogP contribution in [0.2, 0.25) is 0 Å². The van der Waals surface area contributed by atoms with Crippen LogP contribution in [0.1, 0.15) is 50.4 Å². The third-order valence-corrected chi connectivity index (χ3v) is 7.80. The summed E-state index contributed by atoms with van der Waals surface area (Å²) in [7, 11) is 0. The van der Waals surface area contributed by atoms with Crippen LogP contribution in [-0.2, 0) is 9.63 Å². The molecule has 4 rings (SSSR count). The van der Waals surface area contributed by atoms with E-state index < -0.39 is 27.1 Å². The number of fused-ring (bicyclic) bond motifs is 2. The number of nitro benzene ring substituents is 1. The second-order valence-corrected chi connectivity index (χ2v) is 9.40. The van der Waals surface area contributed by atoms with E-state index >= 15 is 0 Å². The van der Waals surface area contributed by atoms with E-state index in [2.05, 4.69) is 10.5 Å². The van der Waals surface area contributed by atoms with Gasteiger partial charge in [0.25, 0.3) is 5.69 Å². The van der Waals surface area contributed by atoms with Crippen LogP contribution in [-0.4, -0.2) is 22.5 Å². The molecule has 8 nitrogen and oxygen atoms in total. The molecule has 9 heteroatoms. The monoisotopic (exact) mass is 453 g/mol. The van der Waals surface area contributed by atoms with Gasteiger partial charge in [-0.25, -0.2) is 9.18 Å². The maximum absolute atomic E-state index is 13.4. The molecule has 0 aromatic heterocycles. The molecule has 2 bridgehead atoms. The van der Waals surface area contributed by atoms with E-state index in [-0.39, 0.29) is 23.0 Å². The first kappa shape index (κ1) is 22.6. The Morgan fingerprint density at radius 3 is 2.48 bits per heavy atom. The van der Waals surface area contributed by atoms with Gasteiger partial charge in [-0.05, 0) is 48.6 Å². The number of rotatable bonds is 5. The number of benzene rings is 2. The second-order valence-electron chi connectivity index (χ2n) is 9.40. The van der Waals surface area contributed by atoms with Gasteiger partial charge in [0.2, 0.25) is 5.91 Å². The highest BCUT2D eigenvalue weighted by atomic mass is 19.1. The fraction of sp³-hybridized carbons (Fsp3) is 0.375. The molecule has 2 aromatic carbocycles. The van der Waals surface area contributed by atoms with Crippen molar-refractivity contribution in [2.24, 2.45) is 21.4 Å². The number of oxime groups is 1.